The van der Waals surface area contributed by atoms with E-state index in [1.54, 1.807) is 0 Å². The molecule has 1 amide bonds. The Morgan fingerprint density at radius 2 is 1.41 bits per heavy atom. The summed E-state index contributed by atoms with van der Waals surface area (Å²) in [6, 6.07) is 11.0. The molecule has 0 unspecified atom stereocenters. The molecule has 4 nitrogen and oxygen atoms in total. The van der Waals surface area contributed by atoms with Crippen molar-refractivity contribution >= 4 is 5.91 Å². The van der Waals surface area contributed by atoms with Crippen molar-refractivity contribution in [3.63, 3.8) is 0 Å². The van der Waals surface area contributed by atoms with E-state index in [0.29, 0.717) is 23.8 Å². The number of aromatic nitrogens is 1. The van der Waals surface area contributed by atoms with Crippen LogP contribution in [-0.4, -0.2) is 28.0 Å². The maximum Gasteiger partial charge on any atom is 0.293 e. The topological polar surface area (TPSA) is 46.3 Å². The van der Waals surface area contributed by atoms with Crippen LogP contribution in [0.4, 0.5) is 0 Å². The van der Waals surface area contributed by atoms with Crippen LogP contribution in [0.3, 0.4) is 0 Å². The van der Waals surface area contributed by atoms with Crippen molar-refractivity contribution in [2.24, 2.45) is 0 Å². The largest absolute Gasteiger partial charge is 0.350 e. The summed E-state index contributed by atoms with van der Waals surface area (Å²) in [4.78, 5) is 16.2. The summed E-state index contributed by atoms with van der Waals surface area (Å²) in [5, 5.41) is 4.43. The predicted octanol–water partition coefficient (Wildman–Crippen LogP) is 6.33. The molecule has 5 rings (SSSR count). The average molecular weight is 393 g/mol. The Kier molecular flexibility index (Phi) is 5.43. The number of carbonyl (C=O) groups excluding carboxylic acids is 1. The summed E-state index contributed by atoms with van der Waals surface area (Å²) >= 11 is 0. The van der Waals surface area contributed by atoms with E-state index in [0.717, 1.165) is 55.3 Å². The van der Waals surface area contributed by atoms with Gasteiger partial charge in [-0.2, -0.15) is 0 Å². The highest BCUT2D eigenvalue weighted by Crippen LogP contribution is 2.45. The highest BCUT2D eigenvalue weighted by atomic mass is 16.5. The van der Waals surface area contributed by atoms with E-state index in [-0.39, 0.29) is 5.91 Å². The molecular weight excluding hydrogens is 360 g/mol. The van der Waals surface area contributed by atoms with Gasteiger partial charge in [0.05, 0.1) is 11.3 Å². The predicted molar refractivity (Wildman–Crippen MR) is 114 cm³/mol. The number of rotatable bonds is 5. The second-order valence-electron chi connectivity index (χ2n) is 9.21. The first-order chi connectivity index (χ1) is 14.3. The number of carbonyl (C=O) groups is 1. The smallest absolute Gasteiger partial charge is 0.293 e. The molecule has 1 heterocycles. The molecule has 0 bridgehead atoms. The Balaban J connectivity index is 1.53. The van der Waals surface area contributed by atoms with Crippen LogP contribution in [0.25, 0.3) is 11.1 Å². The zero-order chi connectivity index (χ0) is 19.6. The van der Waals surface area contributed by atoms with E-state index < -0.39 is 0 Å². The van der Waals surface area contributed by atoms with Crippen LogP contribution in [0.1, 0.15) is 99.2 Å². The quantitative estimate of drug-likeness (QED) is 0.597. The molecule has 3 aliphatic rings. The van der Waals surface area contributed by atoms with Gasteiger partial charge in [-0.15, -0.1) is 0 Å². The molecule has 1 aromatic heterocycles. The molecule has 0 spiro atoms. The van der Waals surface area contributed by atoms with Crippen molar-refractivity contribution in [1.29, 1.82) is 0 Å². The van der Waals surface area contributed by atoms with Crippen molar-refractivity contribution in [2.75, 3.05) is 0 Å². The van der Waals surface area contributed by atoms with Gasteiger partial charge < -0.3 is 9.42 Å². The third-order valence-electron chi connectivity index (χ3n) is 7.11. The molecule has 154 valence electrons. The van der Waals surface area contributed by atoms with Crippen molar-refractivity contribution < 1.29 is 9.32 Å². The third-order valence-corrected chi connectivity index (χ3v) is 7.11. The summed E-state index contributed by atoms with van der Waals surface area (Å²) in [6.07, 6.45) is 14.3. The fourth-order valence-electron chi connectivity index (χ4n) is 5.43. The van der Waals surface area contributed by atoms with Crippen LogP contribution in [0, 0.1) is 0 Å². The zero-order valence-electron chi connectivity index (χ0n) is 17.3. The fourth-order valence-corrected chi connectivity index (χ4v) is 5.43. The average Bonchev–Trinajstić information content (AvgIpc) is 3.54. The van der Waals surface area contributed by atoms with Crippen LogP contribution in [0.2, 0.25) is 0 Å². The van der Waals surface area contributed by atoms with Crippen LogP contribution in [0.15, 0.2) is 34.9 Å². The van der Waals surface area contributed by atoms with E-state index >= 15 is 0 Å². The Morgan fingerprint density at radius 3 is 1.97 bits per heavy atom. The van der Waals surface area contributed by atoms with Crippen LogP contribution in [-0.2, 0) is 0 Å². The second-order valence-corrected chi connectivity index (χ2v) is 9.21. The van der Waals surface area contributed by atoms with Crippen LogP contribution >= 0.6 is 0 Å². The number of hydrogen-bond acceptors (Lipinski definition) is 3. The minimum atomic E-state index is 0.0852. The van der Waals surface area contributed by atoms with Crippen molar-refractivity contribution in [1.82, 2.24) is 10.1 Å². The van der Waals surface area contributed by atoms with Gasteiger partial charge in [0.1, 0.15) is 0 Å². The Morgan fingerprint density at radius 1 is 0.828 bits per heavy atom. The first-order valence-electron chi connectivity index (χ1n) is 11.7. The first-order valence-corrected chi connectivity index (χ1v) is 11.7. The molecule has 1 aromatic carbocycles. The summed E-state index contributed by atoms with van der Waals surface area (Å²) in [5.74, 6) is 1.02. The Bertz CT molecular complexity index is 810. The molecule has 0 N–H and O–H groups in total. The lowest BCUT2D eigenvalue weighted by molar-refractivity contribution is 0.0409. The van der Waals surface area contributed by atoms with Gasteiger partial charge in [0.2, 0.25) is 5.76 Å². The highest BCUT2D eigenvalue weighted by molar-refractivity contribution is 5.99. The third kappa shape index (κ3) is 3.86. The molecule has 3 saturated carbocycles. The van der Waals surface area contributed by atoms with Crippen LogP contribution in [0.5, 0.6) is 0 Å². The lowest BCUT2D eigenvalue weighted by atomic mass is 9.88. The minimum Gasteiger partial charge on any atom is -0.350 e. The molecule has 0 aliphatic heterocycles. The Labute approximate surface area is 173 Å². The number of amides is 1. The molecule has 2 aromatic rings. The molecule has 29 heavy (non-hydrogen) atoms. The maximum atomic E-state index is 14.0. The van der Waals surface area contributed by atoms with Gasteiger partial charge in [-0.1, -0.05) is 74.0 Å². The van der Waals surface area contributed by atoms with Gasteiger partial charge in [-0.25, -0.2) is 0 Å². The Hall–Kier alpha value is -2.10. The molecule has 3 fully saturated rings. The lowest BCUT2D eigenvalue weighted by Gasteiger charge is -2.41. The van der Waals surface area contributed by atoms with Gasteiger partial charge in [-0.05, 0) is 44.1 Å². The molecule has 0 saturated heterocycles. The summed E-state index contributed by atoms with van der Waals surface area (Å²) in [6.45, 7) is 0. The fraction of sp³-hybridized carbons (Fsp3) is 0.600. The SMILES string of the molecule is O=C(c1onc(C2CC2)c1-c1ccccc1)N(C1CCCCC1)C1CCCCC1. The van der Waals surface area contributed by atoms with Gasteiger partial charge in [0.15, 0.2) is 0 Å². The van der Waals surface area contributed by atoms with Gasteiger partial charge >= 0.3 is 0 Å². The van der Waals surface area contributed by atoms with E-state index in [2.05, 4.69) is 22.2 Å². The number of hydrogen-bond donors (Lipinski definition) is 0. The van der Waals surface area contributed by atoms with Crippen LogP contribution < -0.4 is 0 Å². The van der Waals surface area contributed by atoms with E-state index in [1.807, 2.05) is 18.2 Å². The lowest BCUT2D eigenvalue weighted by Crippen LogP contribution is -2.48. The summed E-state index contributed by atoms with van der Waals surface area (Å²) in [7, 11) is 0. The van der Waals surface area contributed by atoms with Crippen molar-refractivity contribution in [3.05, 3.63) is 41.8 Å². The number of nitrogens with zero attached hydrogens (tertiary/aromatic N) is 2. The van der Waals surface area contributed by atoms with Crippen molar-refractivity contribution in [3.8, 4) is 11.1 Å². The maximum absolute atomic E-state index is 14.0. The van der Waals surface area contributed by atoms with Gasteiger partial charge in [0.25, 0.3) is 5.91 Å². The normalized spacial score (nSPS) is 21.2. The standard InChI is InChI=1S/C25H32N2O2/c28-25(27(20-12-6-2-7-13-20)21-14-8-3-9-15-21)24-22(18-10-4-1-5-11-18)23(26-29-24)19-16-17-19/h1,4-5,10-11,19-21H,2-3,6-9,12-17H2. The second kappa shape index (κ2) is 8.33. The summed E-state index contributed by atoms with van der Waals surface area (Å²) in [5.41, 5.74) is 3.01. The van der Waals surface area contributed by atoms with E-state index in [4.69, 9.17) is 4.52 Å². The zero-order valence-corrected chi connectivity index (χ0v) is 17.3. The summed E-state index contributed by atoms with van der Waals surface area (Å²) < 4.78 is 5.83. The van der Waals surface area contributed by atoms with E-state index in [1.165, 1.54) is 38.5 Å². The van der Waals surface area contributed by atoms with Crippen molar-refractivity contribution in [2.45, 2.75) is 95.1 Å². The van der Waals surface area contributed by atoms with Gasteiger partial charge in [0, 0.05) is 18.0 Å². The minimum absolute atomic E-state index is 0.0852. The highest BCUT2D eigenvalue weighted by Gasteiger charge is 2.39. The first kappa shape index (κ1) is 18.9. The molecular formula is C25H32N2O2. The molecule has 0 atom stereocenters. The monoisotopic (exact) mass is 392 g/mol. The molecule has 4 heteroatoms. The number of benzene rings is 1. The molecule has 3 aliphatic carbocycles. The molecule has 0 radical (unpaired) electrons. The van der Waals surface area contributed by atoms with E-state index in [9.17, 15) is 4.79 Å². The van der Waals surface area contributed by atoms with Gasteiger partial charge in [-0.3, -0.25) is 4.79 Å².